The fraction of sp³-hybridized carbons (Fsp3) is 0.636. The van der Waals surface area contributed by atoms with Gasteiger partial charge in [0, 0.05) is 37.9 Å². The smallest absolute Gasteiger partial charge is 0.358 e. The average Bonchev–Trinajstić information content (AvgIpc) is 2.92. The molecule has 0 spiro atoms. The number of nitrogens with one attached hydrogen (secondary N) is 2. The summed E-state index contributed by atoms with van der Waals surface area (Å²) < 4.78 is 118. The second kappa shape index (κ2) is 8.55. The Kier molecular flexibility index (Phi) is 7.40. The maximum atomic E-state index is 12.1. The molecule has 0 aromatic rings. The molecule has 0 unspecified atom stereocenters. The molecule has 0 aromatic carbocycles. The van der Waals surface area contributed by atoms with E-state index in [0.29, 0.717) is 19.2 Å². The van der Waals surface area contributed by atoms with Crippen LogP contribution in [0.5, 0.6) is 0 Å². The summed E-state index contributed by atoms with van der Waals surface area (Å²) in [5.41, 5.74) is -10.8. The van der Waals surface area contributed by atoms with Crippen molar-refractivity contribution in [1.82, 2.24) is 19.2 Å². The van der Waals surface area contributed by atoms with Gasteiger partial charge in [0.25, 0.3) is 0 Å². The van der Waals surface area contributed by atoms with E-state index in [1.54, 1.807) is 4.90 Å². The second-order valence-corrected chi connectivity index (χ2v) is 8.66. The molecule has 0 bridgehead atoms. The van der Waals surface area contributed by atoms with Gasteiger partial charge in [-0.3, -0.25) is 4.72 Å². The summed E-state index contributed by atoms with van der Waals surface area (Å²) in [6.07, 6.45) is 5.08. The van der Waals surface area contributed by atoms with E-state index in [0.717, 1.165) is 6.20 Å². The number of unbranched alkanes of at least 4 members (excludes halogenated alkanes) is 1. The minimum Gasteiger partial charge on any atom is -0.358 e. The number of rotatable bonds is 9. The molecule has 2 N–H and O–H groups in total. The van der Waals surface area contributed by atoms with Crippen molar-refractivity contribution in [3.8, 4) is 0 Å². The highest BCUT2D eigenvalue weighted by Gasteiger charge is 2.46. The Labute approximate surface area is 151 Å². The van der Waals surface area contributed by atoms with Gasteiger partial charge in [-0.05, 0) is 12.8 Å². The molecular formula is C11H16F6N4O4S2. The first-order valence-corrected chi connectivity index (χ1v) is 10.1. The van der Waals surface area contributed by atoms with Crippen LogP contribution in [0.25, 0.3) is 0 Å². The first-order valence-electron chi connectivity index (χ1n) is 7.15. The van der Waals surface area contributed by atoms with Crippen LogP contribution in [0, 0.1) is 0 Å². The Hall–Kier alpha value is -1.68. The maximum Gasteiger partial charge on any atom is 0.516 e. The van der Waals surface area contributed by atoms with Crippen LogP contribution in [0.4, 0.5) is 26.3 Å². The van der Waals surface area contributed by atoms with Crippen molar-refractivity contribution in [3.63, 3.8) is 0 Å². The molecule has 0 fully saturated rings. The molecule has 1 aliphatic rings. The molecule has 0 radical (unpaired) electrons. The summed E-state index contributed by atoms with van der Waals surface area (Å²) in [7, 11) is -10.9. The minimum atomic E-state index is -5.48. The first kappa shape index (κ1) is 23.4. The van der Waals surface area contributed by atoms with Crippen LogP contribution in [0.1, 0.15) is 12.8 Å². The monoisotopic (exact) mass is 446 g/mol. The lowest BCUT2D eigenvalue weighted by atomic mass is 10.3. The number of nitrogens with zero attached hydrogens (tertiary/aromatic N) is 2. The second-order valence-electron chi connectivity index (χ2n) is 5.20. The number of halogens is 6. The third kappa shape index (κ3) is 7.10. The van der Waals surface area contributed by atoms with Gasteiger partial charge in [0.05, 0.1) is 6.67 Å². The third-order valence-electron chi connectivity index (χ3n) is 3.08. The predicted octanol–water partition coefficient (Wildman–Crippen LogP) is 1.16. The van der Waals surface area contributed by atoms with Crippen LogP contribution in [0.2, 0.25) is 0 Å². The fourth-order valence-corrected chi connectivity index (χ4v) is 2.69. The van der Waals surface area contributed by atoms with E-state index < -0.39 is 37.6 Å². The Morgan fingerprint density at radius 1 is 0.926 bits per heavy atom. The molecule has 0 atom stereocenters. The fourth-order valence-electron chi connectivity index (χ4n) is 1.74. The van der Waals surface area contributed by atoms with Crippen molar-refractivity contribution < 1.29 is 43.2 Å². The van der Waals surface area contributed by atoms with Gasteiger partial charge in [-0.2, -0.15) is 34.8 Å². The van der Waals surface area contributed by atoms with E-state index in [1.165, 1.54) is 26.7 Å². The molecule has 158 valence electrons. The van der Waals surface area contributed by atoms with Crippen molar-refractivity contribution in [2.75, 3.05) is 19.8 Å². The van der Waals surface area contributed by atoms with Gasteiger partial charge in [-0.25, -0.2) is 13.1 Å². The van der Waals surface area contributed by atoms with E-state index in [-0.39, 0.29) is 13.1 Å². The predicted molar refractivity (Wildman–Crippen MR) is 82.0 cm³/mol. The zero-order valence-corrected chi connectivity index (χ0v) is 15.1. The van der Waals surface area contributed by atoms with Crippen molar-refractivity contribution in [1.29, 1.82) is 0 Å². The topological polar surface area (TPSA) is 98.8 Å². The van der Waals surface area contributed by atoms with Gasteiger partial charge in [-0.15, -0.1) is 0 Å². The highest BCUT2D eigenvalue weighted by atomic mass is 32.2. The minimum absolute atomic E-state index is 0.126. The molecule has 1 heterocycles. The van der Waals surface area contributed by atoms with Crippen LogP contribution in [-0.4, -0.2) is 57.4 Å². The van der Waals surface area contributed by atoms with Crippen LogP contribution in [0.15, 0.2) is 24.8 Å². The standard InChI is InChI=1S/C11H16F6N4O4S2/c12-10(13,14)26(22,23)18-3-1-2-5-20-7-8-21(9-20)6-4-19-27(24,25)11(15,16)17/h4,6-8,18-19H,1-3,5,9H2. The Balaban J connectivity index is 2.29. The van der Waals surface area contributed by atoms with E-state index >= 15 is 0 Å². The zero-order chi connectivity index (χ0) is 20.9. The molecule has 1 aliphatic heterocycles. The van der Waals surface area contributed by atoms with Gasteiger partial charge in [0.15, 0.2) is 0 Å². The molecule has 0 aliphatic carbocycles. The van der Waals surface area contributed by atoms with E-state index in [2.05, 4.69) is 0 Å². The summed E-state index contributed by atoms with van der Waals surface area (Å²) in [5.74, 6) is 0. The molecule has 0 amide bonds. The van der Waals surface area contributed by atoms with Crippen LogP contribution in [-0.2, 0) is 20.0 Å². The summed E-state index contributed by atoms with van der Waals surface area (Å²) in [6.45, 7) is 0.101. The Bertz CT molecular complexity index is 761. The van der Waals surface area contributed by atoms with Gasteiger partial charge >= 0.3 is 31.1 Å². The SMILES string of the molecule is O=S(=O)(NC=CN1C=CN(CCCCNS(=O)(=O)C(F)(F)F)C1)C(F)(F)F. The summed E-state index contributed by atoms with van der Waals surface area (Å²) in [4.78, 5) is 2.99. The zero-order valence-electron chi connectivity index (χ0n) is 13.5. The highest BCUT2D eigenvalue weighted by molar-refractivity contribution is 7.90. The summed E-state index contributed by atoms with van der Waals surface area (Å²) >= 11 is 0. The summed E-state index contributed by atoms with van der Waals surface area (Å²) in [5, 5.41) is 0. The maximum absolute atomic E-state index is 12.1. The van der Waals surface area contributed by atoms with Crippen molar-refractivity contribution in [2.24, 2.45) is 0 Å². The van der Waals surface area contributed by atoms with E-state index in [9.17, 15) is 43.2 Å². The van der Waals surface area contributed by atoms with Crippen molar-refractivity contribution in [3.05, 3.63) is 24.8 Å². The van der Waals surface area contributed by atoms with Crippen LogP contribution < -0.4 is 9.44 Å². The lowest BCUT2D eigenvalue weighted by Gasteiger charge is -2.18. The molecule has 27 heavy (non-hydrogen) atoms. The number of alkyl halides is 6. The normalized spacial score (nSPS) is 16.5. The third-order valence-corrected chi connectivity index (χ3v) is 5.33. The van der Waals surface area contributed by atoms with Gasteiger partial charge in [-0.1, -0.05) is 0 Å². The van der Waals surface area contributed by atoms with Crippen molar-refractivity contribution >= 4 is 20.0 Å². The molecule has 16 heteroatoms. The molecule has 1 rings (SSSR count). The van der Waals surface area contributed by atoms with Crippen molar-refractivity contribution in [2.45, 2.75) is 23.9 Å². The number of hydrogen-bond acceptors (Lipinski definition) is 6. The Morgan fingerprint density at radius 2 is 1.52 bits per heavy atom. The number of sulfonamides is 2. The van der Waals surface area contributed by atoms with E-state index in [4.69, 9.17) is 0 Å². The van der Waals surface area contributed by atoms with Crippen LogP contribution >= 0.6 is 0 Å². The molecule has 0 saturated carbocycles. The summed E-state index contributed by atoms with van der Waals surface area (Å²) in [6, 6.07) is 0. The molecule has 0 aromatic heterocycles. The largest absolute Gasteiger partial charge is 0.516 e. The number of hydrogen-bond donors (Lipinski definition) is 2. The van der Waals surface area contributed by atoms with E-state index in [1.807, 2.05) is 0 Å². The quantitative estimate of drug-likeness (QED) is 0.408. The first-order chi connectivity index (χ1) is 12.2. The lowest BCUT2D eigenvalue weighted by Crippen LogP contribution is -2.37. The average molecular weight is 446 g/mol. The van der Waals surface area contributed by atoms with Crippen LogP contribution in [0.3, 0.4) is 0 Å². The highest BCUT2D eigenvalue weighted by Crippen LogP contribution is 2.22. The molecular weight excluding hydrogens is 430 g/mol. The molecule has 0 saturated heterocycles. The van der Waals surface area contributed by atoms with Gasteiger partial charge in [0.1, 0.15) is 0 Å². The Morgan fingerprint density at radius 3 is 2.07 bits per heavy atom. The lowest BCUT2D eigenvalue weighted by molar-refractivity contribution is -0.0452. The van der Waals surface area contributed by atoms with Gasteiger partial charge < -0.3 is 9.80 Å². The van der Waals surface area contributed by atoms with Gasteiger partial charge in [0.2, 0.25) is 0 Å². The molecule has 8 nitrogen and oxygen atoms in total.